The largest absolute Gasteiger partial charge is 0.314 e. The number of hydrogen-bond donors (Lipinski definition) is 6. The van der Waals surface area contributed by atoms with E-state index in [1.807, 2.05) is 0 Å². The molecule has 8 heterocycles. The fourth-order valence-corrected chi connectivity index (χ4v) is 21.0. The smallest absolute Gasteiger partial charge is 0.0125 e. The molecule has 8 rings (SSSR count). The van der Waals surface area contributed by atoms with Crippen LogP contribution in [0.2, 0.25) is 0 Å². The number of likely N-dealkylation sites (tertiary alicyclic amines) is 8. The van der Waals surface area contributed by atoms with Crippen LogP contribution in [0.3, 0.4) is 0 Å². The average molecular weight is 1980 g/mol. The highest BCUT2D eigenvalue weighted by Crippen LogP contribution is 2.38. The van der Waals surface area contributed by atoms with Gasteiger partial charge in [0.15, 0.2) is 0 Å². The summed E-state index contributed by atoms with van der Waals surface area (Å²) >= 11 is 0. The van der Waals surface area contributed by atoms with Crippen molar-refractivity contribution in [1.29, 1.82) is 0 Å². The lowest BCUT2D eigenvalue weighted by molar-refractivity contribution is 0.0238. The zero-order chi connectivity index (χ0) is 108. The van der Waals surface area contributed by atoms with Crippen molar-refractivity contribution < 1.29 is 0 Å². The molecule has 840 valence electrons. The molecule has 0 aromatic carbocycles. The second-order valence-corrected chi connectivity index (χ2v) is 63.5. The van der Waals surface area contributed by atoms with Gasteiger partial charge >= 0.3 is 0 Å². The summed E-state index contributed by atoms with van der Waals surface area (Å²) in [7, 11) is 0. The summed E-state index contributed by atoms with van der Waals surface area (Å²) < 4.78 is 0. The van der Waals surface area contributed by atoms with E-state index in [2.05, 4.69) is 403 Å². The van der Waals surface area contributed by atoms with Crippen LogP contribution < -0.4 is 31.9 Å². The standard InChI is InChI=1S/C20H41N.C18H38N2.C17H36N2.C16H34N2.C15H32N2.C14H30N2.C13H28N2.C13H27N/c1-19(2,3)14-12-10-8-7-9-11-13-15-21-16-18(17-21)20(4,5)6;1-17(2,3)12-8-7-9-13-19-16-10-14-20(15-11-16)18(4,5)6;1-16(2,3)11-7-8-12-18-15-9-13-19(14-10-15)17(4,5)6;1-15(2,3)10-7-11-17-14-8-12-18(13-9-14)16(4,5)6;1-14(2,3)9-10-16-13-7-11-17(12-8-13)15(4,5)6;1-13(2,3)11-15-12-7-9-16(10-8-12)14(4,5)6;1-12(2,3)14-11-7-9-15(10-8-11)13(4,5)6;1-12(2,3)11-7-9-14(10-8-11)13(4,5)6/h18H,7-17H2,1-6H3;16,19H,7-15H2,1-6H3;15,18H,7-14H2,1-6H3;14,17H,7-13H2,1-6H3;13,16H,7-12H2,1-6H3;12,15H,7-11H2,1-6H3;11,14H,7-10H2,1-6H3;11H,7-10H2,1-6H3. The van der Waals surface area contributed by atoms with E-state index in [1.54, 1.807) is 0 Å². The Morgan fingerprint density at radius 3 is 0.643 bits per heavy atom. The van der Waals surface area contributed by atoms with E-state index in [1.165, 1.54) is 343 Å². The van der Waals surface area contributed by atoms with Gasteiger partial charge in [-0.25, -0.2) is 0 Å². The molecule has 0 saturated carbocycles. The Morgan fingerprint density at radius 1 is 0.186 bits per heavy atom. The molecule has 8 fully saturated rings. The summed E-state index contributed by atoms with van der Waals surface area (Å²) in [5, 5.41) is 22.4. The van der Waals surface area contributed by atoms with Gasteiger partial charge in [-0.1, -0.05) is 224 Å². The first-order valence-corrected chi connectivity index (χ1v) is 59.9. The highest BCUT2D eigenvalue weighted by molar-refractivity contribution is 4.94. The van der Waals surface area contributed by atoms with Crippen LogP contribution in [0.5, 0.6) is 0 Å². The third-order valence-electron chi connectivity index (χ3n) is 31.6. The van der Waals surface area contributed by atoms with Gasteiger partial charge in [-0.3, -0.25) is 34.3 Å². The predicted octanol–water partition coefficient (Wildman–Crippen LogP) is 30.6. The van der Waals surface area contributed by atoms with Crippen LogP contribution in [0.15, 0.2) is 0 Å². The van der Waals surface area contributed by atoms with Gasteiger partial charge in [0.05, 0.1) is 0 Å². The Labute approximate surface area is 883 Å². The first-order chi connectivity index (χ1) is 63.5. The fourth-order valence-electron chi connectivity index (χ4n) is 21.0. The van der Waals surface area contributed by atoms with Crippen LogP contribution in [-0.4, -0.2) is 264 Å². The van der Waals surface area contributed by atoms with E-state index < -0.39 is 0 Å². The second-order valence-electron chi connectivity index (χ2n) is 63.5. The number of unbranched alkanes of at least 4 members (excludes halogenated alkanes) is 9. The van der Waals surface area contributed by atoms with Crippen LogP contribution in [-0.2, 0) is 0 Å². The predicted molar refractivity (Wildman–Crippen MR) is 632 cm³/mol. The van der Waals surface area contributed by atoms with Gasteiger partial charge in [-0.05, 0) is 415 Å². The quantitative estimate of drug-likeness (QED) is 0.0385. The highest BCUT2D eigenvalue weighted by atomic mass is 15.2. The van der Waals surface area contributed by atoms with Gasteiger partial charge in [0.1, 0.15) is 0 Å². The molecule has 0 aromatic heterocycles. The van der Waals surface area contributed by atoms with Crippen LogP contribution in [0.1, 0.15) is 538 Å². The molecule has 0 aromatic rings. The molecule has 0 bridgehead atoms. The average Bonchev–Trinajstić information content (AvgIpc) is 0.807. The van der Waals surface area contributed by atoms with Gasteiger partial charge in [0.25, 0.3) is 0 Å². The number of piperidine rings is 7. The molecule has 140 heavy (non-hydrogen) atoms. The molecule has 14 heteroatoms. The zero-order valence-electron chi connectivity index (χ0n) is 105. The van der Waals surface area contributed by atoms with E-state index >= 15 is 0 Å². The number of nitrogens with zero attached hydrogens (tertiary/aromatic N) is 8. The Bertz CT molecular complexity index is 2960. The maximum atomic E-state index is 3.76. The van der Waals surface area contributed by atoms with Crippen LogP contribution in [0.4, 0.5) is 0 Å². The molecule has 8 aliphatic rings. The zero-order valence-corrected chi connectivity index (χ0v) is 105. The Hall–Kier alpha value is -0.560. The molecular weight excluding hydrogens is 1710 g/mol. The molecule has 0 amide bonds. The van der Waals surface area contributed by atoms with Gasteiger partial charge < -0.3 is 36.8 Å². The summed E-state index contributed by atoms with van der Waals surface area (Å²) in [5.74, 6) is 1.85. The van der Waals surface area contributed by atoms with Crippen LogP contribution >= 0.6 is 0 Å². The fraction of sp³-hybridized carbons (Fsp3) is 1.00. The minimum Gasteiger partial charge on any atom is -0.314 e. The van der Waals surface area contributed by atoms with Crippen molar-refractivity contribution in [1.82, 2.24) is 71.1 Å². The van der Waals surface area contributed by atoms with Gasteiger partial charge in [-0.15, -0.1) is 0 Å². The van der Waals surface area contributed by atoms with Crippen molar-refractivity contribution in [3.05, 3.63) is 0 Å². The maximum absolute atomic E-state index is 3.76. The van der Waals surface area contributed by atoms with E-state index in [0.717, 1.165) is 48.6 Å². The van der Waals surface area contributed by atoms with Crippen molar-refractivity contribution in [3.8, 4) is 0 Å². The van der Waals surface area contributed by atoms with E-state index in [-0.39, 0.29) is 5.54 Å². The van der Waals surface area contributed by atoms with Crippen molar-refractivity contribution in [3.63, 3.8) is 0 Å². The minimum atomic E-state index is 0.259. The third kappa shape index (κ3) is 71.3. The molecule has 0 spiro atoms. The first-order valence-electron chi connectivity index (χ1n) is 59.9. The number of rotatable bonds is 30. The van der Waals surface area contributed by atoms with Crippen molar-refractivity contribution in [2.24, 2.45) is 55.2 Å². The molecule has 0 radical (unpaired) electrons. The lowest BCUT2D eigenvalue weighted by atomic mass is 9.75. The lowest BCUT2D eigenvalue weighted by Crippen LogP contribution is -2.53. The molecule has 0 aliphatic carbocycles. The molecule has 8 aliphatic heterocycles. The molecule has 0 unspecified atom stereocenters. The molecular formula is C126H266N14. The summed E-state index contributed by atoms with van der Waals surface area (Å²) in [6.07, 6.45) is 43.3. The van der Waals surface area contributed by atoms with Crippen molar-refractivity contribution in [2.45, 2.75) is 618 Å². The summed E-state index contributed by atoms with van der Waals surface area (Å²) in [5.41, 5.74) is 6.58. The second kappa shape index (κ2) is 63.2. The number of hydrogen-bond acceptors (Lipinski definition) is 14. The van der Waals surface area contributed by atoms with Crippen LogP contribution in [0.25, 0.3) is 0 Å². The van der Waals surface area contributed by atoms with Crippen LogP contribution in [0, 0.1) is 55.2 Å². The van der Waals surface area contributed by atoms with E-state index in [0.29, 0.717) is 88.1 Å². The van der Waals surface area contributed by atoms with Gasteiger partial charge in [0.2, 0.25) is 0 Å². The SMILES string of the molecule is CC(C)(C)C1CCN(C(C)(C)C)CC1.CC(C)(C)CCCCCCCCCN1CC(C(C)(C)C)C1.CC(C)(C)CCCCCNC1CCN(C(C)(C)C)CC1.CC(C)(C)CCCCNC1CCN(C(C)(C)C)CC1.CC(C)(C)CCCNC1CCN(C(C)(C)C)CC1.CC(C)(C)CCNC1CCN(C(C)(C)C)CC1.CC(C)(C)CNC1CCN(C(C)(C)C)CC1.CC(C)(C)NC1CCN(C(C)(C)C)CC1. The Morgan fingerprint density at radius 2 is 0.393 bits per heavy atom. The van der Waals surface area contributed by atoms with Crippen molar-refractivity contribution in [2.75, 3.05) is 144 Å². The van der Waals surface area contributed by atoms with Gasteiger partial charge in [-0.2, -0.15) is 0 Å². The lowest BCUT2D eigenvalue weighted by Gasteiger charge is -2.46. The van der Waals surface area contributed by atoms with E-state index in [4.69, 9.17) is 0 Å². The molecule has 0 atom stereocenters. The molecule has 14 nitrogen and oxygen atoms in total. The topological polar surface area (TPSA) is 98.1 Å². The summed E-state index contributed by atoms with van der Waals surface area (Å²) in [4.78, 5) is 20.9. The third-order valence-corrected chi connectivity index (χ3v) is 31.6. The van der Waals surface area contributed by atoms with E-state index in [9.17, 15) is 0 Å². The monoisotopic (exact) mass is 1980 g/mol. The minimum absolute atomic E-state index is 0.259. The Balaban J connectivity index is 0.000000802. The van der Waals surface area contributed by atoms with Gasteiger partial charge in [0, 0.05) is 179 Å². The normalized spacial score (nSPS) is 20.4. The first kappa shape index (κ1) is 137. The molecule has 8 saturated heterocycles. The maximum Gasteiger partial charge on any atom is 0.0125 e. The summed E-state index contributed by atoms with van der Waals surface area (Å²) in [6, 6.07) is 4.46. The summed E-state index contributed by atoms with van der Waals surface area (Å²) in [6.45, 7) is 139. The van der Waals surface area contributed by atoms with Crippen molar-refractivity contribution >= 4 is 0 Å². The molecule has 6 N–H and O–H groups in total. The number of nitrogens with one attached hydrogen (secondary N) is 6. The highest BCUT2D eigenvalue weighted by Gasteiger charge is 2.38. The Kier molecular flexibility index (Phi) is 62.0.